The molecule has 4 rings (SSSR count). The molecular weight excluding hydrogens is 497 g/mol. The van der Waals surface area contributed by atoms with Gasteiger partial charge in [-0.3, -0.25) is 14.4 Å². The van der Waals surface area contributed by atoms with Crippen molar-refractivity contribution >= 4 is 35.8 Å². The maximum atomic E-state index is 12.4. The fourth-order valence-corrected chi connectivity index (χ4v) is 3.35. The normalized spacial score (nSPS) is 14.4. The minimum Gasteiger partial charge on any atom is -0.459 e. The van der Waals surface area contributed by atoms with Gasteiger partial charge in [0.25, 0.3) is 5.91 Å². The highest BCUT2D eigenvalue weighted by Gasteiger charge is 2.25. The summed E-state index contributed by atoms with van der Waals surface area (Å²) in [6, 6.07) is 13.4. The number of benzene rings is 1. The molecule has 0 aliphatic carbocycles. The van der Waals surface area contributed by atoms with E-state index in [1.165, 1.54) is 6.26 Å². The molecule has 0 atom stereocenters. The number of nitrogens with zero attached hydrogens (tertiary/aromatic N) is 6. The zero-order valence-electron chi connectivity index (χ0n) is 16.6. The molecule has 10 heteroatoms. The van der Waals surface area contributed by atoms with Gasteiger partial charge in [0.2, 0.25) is 0 Å². The van der Waals surface area contributed by atoms with Crippen molar-refractivity contribution in [3.63, 3.8) is 0 Å². The zero-order valence-corrected chi connectivity index (χ0v) is 19.0. The first kappa shape index (κ1) is 21.8. The highest BCUT2D eigenvalue weighted by molar-refractivity contribution is 14.0. The number of guanidine groups is 1. The Bertz CT molecular complexity index is 964. The summed E-state index contributed by atoms with van der Waals surface area (Å²) in [5.74, 6) is 1.87. The summed E-state index contributed by atoms with van der Waals surface area (Å²) in [7, 11) is 1.75. The molecule has 158 valence electrons. The molecule has 3 heterocycles. The van der Waals surface area contributed by atoms with Crippen molar-refractivity contribution in [2.24, 2.45) is 4.99 Å². The lowest BCUT2D eigenvalue weighted by Crippen LogP contribution is -2.53. The number of nitrogens with one attached hydrogen (secondary N) is 1. The van der Waals surface area contributed by atoms with Crippen LogP contribution in [0.3, 0.4) is 0 Å². The largest absolute Gasteiger partial charge is 0.459 e. The SMILES string of the molecule is CN=C(NCc1nncn1-c1ccccc1)N1CCN(C(=O)c2ccco2)CC1.I. The van der Waals surface area contributed by atoms with Crippen LogP contribution < -0.4 is 5.32 Å². The van der Waals surface area contributed by atoms with Gasteiger partial charge in [0.05, 0.1) is 12.8 Å². The Morgan fingerprint density at radius 2 is 1.83 bits per heavy atom. The highest BCUT2D eigenvalue weighted by Crippen LogP contribution is 2.11. The zero-order chi connectivity index (χ0) is 20.1. The number of furan rings is 1. The lowest BCUT2D eigenvalue weighted by Gasteiger charge is -2.36. The van der Waals surface area contributed by atoms with Gasteiger partial charge < -0.3 is 19.5 Å². The van der Waals surface area contributed by atoms with Crippen LogP contribution in [0.2, 0.25) is 0 Å². The number of aromatic nitrogens is 3. The van der Waals surface area contributed by atoms with E-state index in [0.717, 1.165) is 17.5 Å². The number of hydrogen-bond donors (Lipinski definition) is 1. The van der Waals surface area contributed by atoms with Crippen molar-refractivity contribution in [3.8, 4) is 5.69 Å². The van der Waals surface area contributed by atoms with Crippen LogP contribution in [0.1, 0.15) is 16.4 Å². The maximum absolute atomic E-state index is 12.4. The molecule has 1 aromatic carbocycles. The standard InChI is InChI=1S/C20H23N7O2.HI/c1-21-20(22-14-18-24-23-15-27(18)16-6-3-2-4-7-16)26-11-9-25(10-12-26)19(28)17-8-5-13-29-17;/h2-8,13,15H,9-12,14H2,1H3,(H,21,22);1H. The van der Waals surface area contributed by atoms with Gasteiger partial charge in [0.1, 0.15) is 6.33 Å². The number of aliphatic imine (C=N–C) groups is 1. The summed E-state index contributed by atoms with van der Waals surface area (Å²) in [4.78, 5) is 20.7. The van der Waals surface area contributed by atoms with Gasteiger partial charge in [-0.15, -0.1) is 34.2 Å². The molecule has 2 aromatic heterocycles. The van der Waals surface area contributed by atoms with Gasteiger partial charge in [-0.05, 0) is 24.3 Å². The Labute approximate surface area is 191 Å². The first-order chi connectivity index (χ1) is 14.3. The third-order valence-corrected chi connectivity index (χ3v) is 4.87. The average Bonchev–Trinajstić information content (AvgIpc) is 3.47. The Morgan fingerprint density at radius 3 is 2.50 bits per heavy atom. The molecule has 0 spiro atoms. The van der Waals surface area contributed by atoms with Crippen LogP contribution in [0.15, 0.2) is 64.5 Å². The van der Waals surface area contributed by atoms with E-state index in [0.29, 0.717) is 38.5 Å². The van der Waals surface area contributed by atoms with Crippen molar-refractivity contribution in [3.05, 3.63) is 66.6 Å². The average molecular weight is 521 g/mol. The minimum atomic E-state index is -0.0754. The fraction of sp³-hybridized carbons (Fsp3) is 0.300. The molecule has 1 aliphatic rings. The first-order valence-electron chi connectivity index (χ1n) is 9.49. The van der Waals surface area contributed by atoms with Crippen LogP contribution in [0.25, 0.3) is 5.69 Å². The second kappa shape index (κ2) is 10.2. The van der Waals surface area contributed by atoms with Crippen LogP contribution in [0, 0.1) is 0 Å². The van der Waals surface area contributed by atoms with E-state index in [-0.39, 0.29) is 29.9 Å². The summed E-state index contributed by atoms with van der Waals surface area (Å²) >= 11 is 0. The molecule has 1 saturated heterocycles. The smallest absolute Gasteiger partial charge is 0.289 e. The molecule has 0 saturated carbocycles. The number of halogens is 1. The lowest BCUT2D eigenvalue weighted by molar-refractivity contribution is 0.0657. The molecule has 9 nitrogen and oxygen atoms in total. The second-order valence-corrected chi connectivity index (χ2v) is 6.61. The lowest BCUT2D eigenvalue weighted by atomic mass is 10.3. The Kier molecular flexibility index (Phi) is 7.44. The van der Waals surface area contributed by atoms with Crippen LogP contribution in [-0.2, 0) is 6.54 Å². The molecular formula is C20H24IN7O2. The summed E-state index contributed by atoms with van der Waals surface area (Å²) in [5, 5.41) is 11.6. The van der Waals surface area contributed by atoms with E-state index in [2.05, 4.69) is 25.4 Å². The van der Waals surface area contributed by atoms with Crippen molar-refractivity contribution in [2.45, 2.75) is 6.54 Å². The molecule has 30 heavy (non-hydrogen) atoms. The topological polar surface area (TPSA) is 91.8 Å². The molecule has 3 aromatic rings. The number of hydrogen-bond acceptors (Lipinski definition) is 5. The second-order valence-electron chi connectivity index (χ2n) is 6.61. The fourth-order valence-electron chi connectivity index (χ4n) is 3.35. The van der Waals surface area contributed by atoms with Crippen LogP contribution in [0.4, 0.5) is 0 Å². The molecule has 1 fully saturated rings. The number of rotatable bonds is 4. The summed E-state index contributed by atoms with van der Waals surface area (Å²) in [6.07, 6.45) is 3.22. The number of para-hydroxylation sites is 1. The van der Waals surface area contributed by atoms with E-state index in [9.17, 15) is 4.79 Å². The minimum absolute atomic E-state index is 0. The number of piperazine rings is 1. The monoisotopic (exact) mass is 521 g/mol. The molecule has 1 amide bonds. The van der Waals surface area contributed by atoms with Gasteiger partial charge in [-0.1, -0.05) is 18.2 Å². The Hall–Kier alpha value is -2.89. The van der Waals surface area contributed by atoms with Crippen molar-refractivity contribution in [1.29, 1.82) is 0 Å². The van der Waals surface area contributed by atoms with Gasteiger partial charge >= 0.3 is 0 Å². The molecule has 1 aliphatic heterocycles. The van der Waals surface area contributed by atoms with Crippen LogP contribution in [-0.4, -0.2) is 69.7 Å². The molecule has 0 radical (unpaired) electrons. The van der Waals surface area contributed by atoms with E-state index < -0.39 is 0 Å². The van der Waals surface area contributed by atoms with Gasteiger partial charge in [-0.2, -0.15) is 0 Å². The Morgan fingerprint density at radius 1 is 1.10 bits per heavy atom. The van der Waals surface area contributed by atoms with E-state index >= 15 is 0 Å². The van der Waals surface area contributed by atoms with E-state index in [4.69, 9.17) is 4.42 Å². The number of amides is 1. The van der Waals surface area contributed by atoms with Crippen molar-refractivity contribution in [2.75, 3.05) is 33.2 Å². The quantitative estimate of drug-likeness (QED) is 0.321. The summed E-state index contributed by atoms with van der Waals surface area (Å²) < 4.78 is 7.16. The molecule has 0 bridgehead atoms. The van der Waals surface area contributed by atoms with Gasteiger partial charge in [-0.25, -0.2) is 0 Å². The van der Waals surface area contributed by atoms with E-state index in [1.807, 2.05) is 34.9 Å². The Balaban J connectivity index is 0.00000256. The summed E-state index contributed by atoms with van der Waals surface area (Å²) in [6.45, 7) is 3.10. The van der Waals surface area contributed by atoms with Gasteiger partial charge in [0.15, 0.2) is 17.5 Å². The predicted octanol–water partition coefficient (Wildman–Crippen LogP) is 2.01. The highest BCUT2D eigenvalue weighted by atomic mass is 127. The third-order valence-electron chi connectivity index (χ3n) is 4.87. The number of carbonyl (C=O) groups is 1. The van der Waals surface area contributed by atoms with Gasteiger partial charge in [0, 0.05) is 38.9 Å². The van der Waals surface area contributed by atoms with Crippen molar-refractivity contribution < 1.29 is 9.21 Å². The van der Waals surface area contributed by atoms with E-state index in [1.54, 1.807) is 30.4 Å². The van der Waals surface area contributed by atoms with Crippen molar-refractivity contribution in [1.82, 2.24) is 29.9 Å². The molecule has 1 N–H and O–H groups in total. The maximum Gasteiger partial charge on any atom is 0.289 e. The van der Waals surface area contributed by atoms with Crippen LogP contribution >= 0.6 is 24.0 Å². The van der Waals surface area contributed by atoms with Crippen LogP contribution in [0.5, 0.6) is 0 Å². The predicted molar refractivity (Wildman–Crippen MR) is 123 cm³/mol. The summed E-state index contributed by atoms with van der Waals surface area (Å²) in [5.41, 5.74) is 1.01. The molecule has 0 unspecified atom stereocenters. The first-order valence-corrected chi connectivity index (χ1v) is 9.49. The number of carbonyl (C=O) groups excluding carboxylic acids is 1. The third kappa shape index (κ3) is 4.81.